The van der Waals surface area contributed by atoms with Crippen LogP contribution >= 0.6 is 23.2 Å². The average Bonchev–Trinajstić information content (AvgIpc) is 2.43. The van der Waals surface area contributed by atoms with Gasteiger partial charge in [0.2, 0.25) is 0 Å². The lowest BCUT2D eigenvalue weighted by atomic mass is 10.0. The van der Waals surface area contributed by atoms with Gasteiger partial charge in [0.05, 0.1) is 10.0 Å². The van der Waals surface area contributed by atoms with Gasteiger partial charge in [0.1, 0.15) is 0 Å². The fraction of sp³-hybridized carbons (Fsp3) is 0.571. The topological polar surface area (TPSA) is 15.3 Å². The molecule has 0 radical (unpaired) electrons. The van der Waals surface area contributed by atoms with E-state index in [2.05, 4.69) is 24.1 Å². The first-order valence-corrected chi connectivity index (χ1v) is 7.47. The Morgan fingerprint density at radius 3 is 2.42 bits per heavy atom. The van der Waals surface area contributed by atoms with Crippen LogP contribution in [0.3, 0.4) is 0 Å². The Morgan fingerprint density at radius 1 is 1.26 bits per heavy atom. The van der Waals surface area contributed by atoms with Gasteiger partial charge in [-0.25, -0.2) is 4.39 Å². The summed E-state index contributed by atoms with van der Waals surface area (Å²) in [5.74, 6) is -0.540. The van der Waals surface area contributed by atoms with Gasteiger partial charge in [0, 0.05) is 30.9 Å². The van der Waals surface area contributed by atoms with Crippen LogP contribution in [-0.2, 0) is 0 Å². The zero-order valence-electron chi connectivity index (χ0n) is 11.2. The van der Waals surface area contributed by atoms with E-state index in [9.17, 15) is 4.39 Å². The van der Waals surface area contributed by atoms with Crippen LogP contribution in [0.1, 0.15) is 26.7 Å². The lowest BCUT2D eigenvalue weighted by Crippen LogP contribution is -2.56. The van der Waals surface area contributed by atoms with E-state index >= 15 is 0 Å². The third-order valence-corrected chi connectivity index (χ3v) is 4.31. The summed E-state index contributed by atoms with van der Waals surface area (Å²) in [6.45, 7) is 6.14. The largest absolute Gasteiger partial charge is 0.366 e. The summed E-state index contributed by atoms with van der Waals surface area (Å²) in [6.07, 6.45) is 2.09. The van der Waals surface area contributed by atoms with Crippen LogP contribution in [0.2, 0.25) is 10.0 Å². The number of hydrogen-bond acceptors (Lipinski definition) is 2. The maximum Gasteiger partial charge on any atom is 0.160 e. The molecule has 0 spiro atoms. The molecule has 2 rings (SSSR count). The van der Waals surface area contributed by atoms with E-state index in [1.54, 1.807) is 12.1 Å². The zero-order valence-corrected chi connectivity index (χ0v) is 12.7. The molecule has 0 aliphatic carbocycles. The lowest BCUT2D eigenvalue weighted by Gasteiger charge is -2.41. The molecule has 106 valence electrons. The minimum Gasteiger partial charge on any atom is -0.366 e. The number of halogens is 3. The Labute approximate surface area is 123 Å². The Morgan fingerprint density at radius 2 is 1.89 bits per heavy atom. The van der Waals surface area contributed by atoms with E-state index in [1.165, 1.54) is 0 Å². The first kappa shape index (κ1) is 14.9. The van der Waals surface area contributed by atoms with Gasteiger partial charge in [0.25, 0.3) is 0 Å². The highest BCUT2D eigenvalue weighted by atomic mass is 35.5. The standard InChI is InChI=1S/C14H19Cl2FN2/c1-3-9-8-19(10(4-2)7-18-9)11-5-12(15)14(17)13(16)6-11/h5-6,9-10,18H,3-4,7-8H2,1-2H3. The number of rotatable bonds is 3. The van der Waals surface area contributed by atoms with Crippen molar-refractivity contribution >= 4 is 28.9 Å². The van der Waals surface area contributed by atoms with Crippen molar-refractivity contribution in [1.29, 1.82) is 0 Å². The van der Waals surface area contributed by atoms with Crippen LogP contribution in [0.25, 0.3) is 0 Å². The van der Waals surface area contributed by atoms with Gasteiger partial charge in [0.15, 0.2) is 5.82 Å². The number of hydrogen-bond donors (Lipinski definition) is 1. The normalized spacial score (nSPS) is 23.7. The molecule has 0 saturated carbocycles. The minimum absolute atomic E-state index is 0.0870. The molecule has 1 aliphatic heterocycles. The number of anilines is 1. The molecule has 5 heteroatoms. The molecule has 0 bridgehead atoms. The highest BCUT2D eigenvalue weighted by molar-refractivity contribution is 6.35. The fourth-order valence-corrected chi connectivity index (χ4v) is 3.00. The fourth-order valence-electron chi connectivity index (χ4n) is 2.53. The van der Waals surface area contributed by atoms with Crippen LogP contribution in [0, 0.1) is 5.82 Å². The Balaban J connectivity index is 2.31. The summed E-state index contributed by atoms with van der Waals surface area (Å²) in [7, 11) is 0. The van der Waals surface area contributed by atoms with Gasteiger partial charge in [-0.1, -0.05) is 37.0 Å². The van der Waals surface area contributed by atoms with Crippen molar-refractivity contribution in [3.05, 3.63) is 28.0 Å². The number of benzene rings is 1. The van der Waals surface area contributed by atoms with Crippen LogP contribution in [0.5, 0.6) is 0 Å². The van der Waals surface area contributed by atoms with E-state index in [-0.39, 0.29) is 10.0 Å². The molecule has 2 atom stereocenters. The van der Waals surface area contributed by atoms with Crippen LogP contribution in [-0.4, -0.2) is 25.2 Å². The van der Waals surface area contributed by atoms with Crippen molar-refractivity contribution in [2.45, 2.75) is 38.8 Å². The minimum atomic E-state index is -0.540. The molecule has 1 aromatic carbocycles. The van der Waals surface area contributed by atoms with Gasteiger partial charge in [-0.05, 0) is 25.0 Å². The summed E-state index contributed by atoms with van der Waals surface area (Å²) in [6, 6.07) is 4.18. The third kappa shape index (κ3) is 3.15. The summed E-state index contributed by atoms with van der Waals surface area (Å²) in [5, 5.41) is 3.70. The Bertz CT molecular complexity index is 430. The molecule has 2 unspecified atom stereocenters. The molecular weight excluding hydrogens is 286 g/mol. The Hall–Kier alpha value is -0.510. The van der Waals surface area contributed by atoms with Gasteiger partial charge in [-0.3, -0.25) is 0 Å². The predicted octanol–water partition coefficient (Wildman–Crippen LogP) is 4.10. The van der Waals surface area contributed by atoms with E-state index in [1.807, 2.05) is 0 Å². The second kappa shape index (κ2) is 6.29. The molecular formula is C14H19Cl2FN2. The van der Waals surface area contributed by atoms with E-state index in [4.69, 9.17) is 23.2 Å². The van der Waals surface area contributed by atoms with Crippen molar-refractivity contribution in [1.82, 2.24) is 5.32 Å². The SMILES string of the molecule is CCC1CN(c2cc(Cl)c(F)c(Cl)c2)C(CC)CN1. The zero-order chi connectivity index (χ0) is 14.0. The Kier molecular flexibility index (Phi) is 4.93. The number of nitrogens with one attached hydrogen (secondary N) is 1. The smallest absolute Gasteiger partial charge is 0.160 e. The molecule has 1 heterocycles. The molecule has 0 aromatic heterocycles. The summed E-state index contributed by atoms with van der Waals surface area (Å²) in [4.78, 5) is 2.28. The highest BCUT2D eigenvalue weighted by Gasteiger charge is 2.26. The number of nitrogens with zero attached hydrogens (tertiary/aromatic N) is 1. The maximum absolute atomic E-state index is 13.5. The molecule has 0 amide bonds. The predicted molar refractivity (Wildman–Crippen MR) is 79.9 cm³/mol. The monoisotopic (exact) mass is 304 g/mol. The summed E-state index contributed by atoms with van der Waals surface area (Å²) < 4.78 is 13.5. The second-order valence-electron chi connectivity index (χ2n) is 4.95. The van der Waals surface area contributed by atoms with Crippen molar-refractivity contribution in [3.8, 4) is 0 Å². The van der Waals surface area contributed by atoms with Gasteiger partial charge >= 0.3 is 0 Å². The molecule has 1 aromatic rings. The molecule has 1 saturated heterocycles. The van der Waals surface area contributed by atoms with Gasteiger partial charge < -0.3 is 10.2 Å². The van der Waals surface area contributed by atoms with Crippen LogP contribution in [0.15, 0.2) is 12.1 Å². The molecule has 2 nitrogen and oxygen atoms in total. The van der Waals surface area contributed by atoms with E-state index in [0.717, 1.165) is 31.6 Å². The van der Waals surface area contributed by atoms with Gasteiger partial charge in [-0.2, -0.15) is 0 Å². The first-order valence-electron chi connectivity index (χ1n) is 6.71. The first-order chi connectivity index (χ1) is 9.06. The highest BCUT2D eigenvalue weighted by Crippen LogP contribution is 2.31. The van der Waals surface area contributed by atoms with Crippen molar-refractivity contribution in [3.63, 3.8) is 0 Å². The maximum atomic E-state index is 13.5. The average molecular weight is 305 g/mol. The molecule has 1 aliphatic rings. The van der Waals surface area contributed by atoms with Crippen LogP contribution < -0.4 is 10.2 Å². The quantitative estimate of drug-likeness (QED) is 0.846. The third-order valence-electron chi connectivity index (χ3n) is 3.76. The second-order valence-corrected chi connectivity index (χ2v) is 5.77. The van der Waals surface area contributed by atoms with Crippen molar-refractivity contribution in [2.24, 2.45) is 0 Å². The van der Waals surface area contributed by atoms with Crippen LogP contribution in [0.4, 0.5) is 10.1 Å². The summed E-state index contributed by atoms with van der Waals surface area (Å²) in [5.41, 5.74) is 0.906. The molecule has 1 N–H and O–H groups in total. The van der Waals surface area contributed by atoms with E-state index < -0.39 is 5.82 Å². The van der Waals surface area contributed by atoms with Crippen molar-refractivity contribution in [2.75, 3.05) is 18.0 Å². The van der Waals surface area contributed by atoms with E-state index in [0.29, 0.717) is 12.1 Å². The summed E-state index contributed by atoms with van der Waals surface area (Å²) >= 11 is 11.8. The molecule has 19 heavy (non-hydrogen) atoms. The molecule has 1 fully saturated rings. The van der Waals surface area contributed by atoms with Crippen molar-refractivity contribution < 1.29 is 4.39 Å². The number of piperazine rings is 1. The lowest BCUT2D eigenvalue weighted by molar-refractivity contribution is 0.379. The van der Waals surface area contributed by atoms with Gasteiger partial charge in [-0.15, -0.1) is 0 Å².